The van der Waals surface area contributed by atoms with Gasteiger partial charge in [0.25, 0.3) is 0 Å². The van der Waals surface area contributed by atoms with Crippen LogP contribution in [0.25, 0.3) is 0 Å². The Morgan fingerprint density at radius 2 is 1.53 bits per heavy atom. The molecule has 0 saturated carbocycles. The number of thiocarbonyl (C=S) groups is 1. The zero-order valence-electron chi connectivity index (χ0n) is 18.9. The van der Waals surface area contributed by atoms with Crippen LogP contribution in [0.5, 0.6) is 0 Å². The monoisotopic (exact) mass is 560 g/mol. The van der Waals surface area contributed by atoms with Crippen LogP contribution < -0.4 is 10.6 Å². The van der Waals surface area contributed by atoms with Gasteiger partial charge in [-0.05, 0) is 30.4 Å². The molecule has 5 atom stereocenters. The standard InChI is InChI=1S/C21H25BrN2O9S/c1-10(25)29-9-16-17(30-11(2)26)18(31-12(3)27)19(32-13(4)28)20(33-16)24-21(34)23-15-7-5-6-14(22)8-15/h5-8,16-20H,9H2,1-4H3,(H2,23,24,34)/t16-,17-,18-,19+,20-/m0/s1. The molecule has 2 rings (SSSR count). The van der Waals surface area contributed by atoms with E-state index in [-0.39, 0.29) is 11.7 Å². The normalized spacial score (nSPS) is 23.7. The van der Waals surface area contributed by atoms with Gasteiger partial charge in [-0.15, -0.1) is 0 Å². The summed E-state index contributed by atoms with van der Waals surface area (Å²) in [5.74, 6) is -2.74. The fourth-order valence-electron chi connectivity index (χ4n) is 3.21. The predicted octanol–water partition coefficient (Wildman–Crippen LogP) is 1.82. The molecule has 0 spiro atoms. The topological polar surface area (TPSA) is 138 Å². The summed E-state index contributed by atoms with van der Waals surface area (Å²) in [5.41, 5.74) is 0.650. The zero-order chi connectivity index (χ0) is 25.4. The van der Waals surface area contributed by atoms with Crippen LogP contribution in [0, 0.1) is 0 Å². The van der Waals surface area contributed by atoms with E-state index < -0.39 is 54.5 Å². The Hall–Kier alpha value is -2.77. The van der Waals surface area contributed by atoms with Crippen molar-refractivity contribution in [1.82, 2.24) is 5.32 Å². The van der Waals surface area contributed by atoms with Crippen LogP contribution in [0.15, 0.2) is 28.7 Å². The van der Waals surface area contributed by atoms with Gasteiger partial charge in [0.2, 0.25) is 0 Å². The second-order valence-electron chi connectivity index (χ2n) is 7.23. The molecule has 0 aromatic heterocycles. The molecular formula is C21H25BrN2O9S. The molecule has 1 saturated heterocycles. The van der Waals surface area contributed by atoms with Crippen LogP contribution in [0.4, 0.5) is 5.69 Å². The number of rotatable bonds is 7. The van der Waals surface area contributed by atoms with Gasteiger partial charge >= 0.3 is 23.9 Å². The Bertz CT molecular complexity index is 945. The summed E-state index contributed by atoms with van der Waals surface area (Å²) in [6, 6.07) is 7.18. The number of carbonyl (C=O) groups excluding carboxylic acids is 4. The molecule has 1 aromatic rings. The first-order valence-corrected chi connectivity index (χ1v) is 11.3. The highest BCUT2D eigenvalue weighted by molar-refractivity contribution is 9.10. The van der Waals surface area contributed by atoms with E-state index in [1.165, 1.54) is 6.92 Å². The number of carbonyl (C=O) groups is 4. The number of anilines is 1. The molecule has 0 amide bonds. The van der Waals surface area contributed by atoms with Crippen molar-refractivity contribution in [2.45, 2.75) is 58.3 Å². The third kappa shape index (κ3) is 8.54. The number of ether oxygens (including phenoxy) is 5. The van der Waals surface area contributed by atoms with Gasteiger partial charge in [-0.1, -0.05) is 22.0 Å². The molecule has 11 nitrogen and oxygen atoms in total. The van der Waals surface area contributed by atoms with Crippen molar-refractivity contribution in [3.8, 4) is 0 Å². The van der Waals surface area contributed by atoms with Crippen molar-refractivity contribution in [1.29, 1.82) is 0 Å². The Balaban J connectivity index is 2.36. The third-order valence-corrected chi connectivity index (χ3v) is 5.06. The van der Waals surface area contributed by atoms with Gasteiger partial charge in [-0.3, -0.25) is 19.2 Å². The number of benzene rings is 1. The average molecular weight is 561 g/mol. The van der Waals surface area contributed by atoms with Crippen molar-refractivity contribution in [3.63, 3.8) is 0 Å². The third-order valence-electron chi connectivity index (χ3n) is 4.35. The van der Waals surface area contributed by atoms with Crippen LogP contribution in [-0.2, 0) is 42.9 Å². The zero-order valence-corrected chi connectivity index (χ0v) is 21.3. The number of esters is 4. The fraction of sp³-hybridized carbons (Fsp3) is 0.476. The molecule has 1 fully saturated rings. The van der Waals surface area contributed by atoms with E-state index in [0.29, 0.717) is 5.69 Å². The molecule has 0 radical (unpaired) electrons. The maximum absolute atomic E-state index is 11.9. The van der Waals surface area contributed by atoms with E-state index in [2.05, 4.69) is 26.6 Å². The summed E-state index contributed by atoms with van der Waals surface area (Å²) in [5, 5.41) is 5.93. The number of halogens is 1. The molecule has 186 valence electrons. The van der Waals surface area contributed by atoms with E-state index in [0.717, 1.165) is 25.2 Å². The van der Waals surface area contributed by atoms with Crippen LogP contribution in [-0.4, -0.2) is 66.2 Å². The summed E-state index contributed by atoms with van der Waals surface area (Å²) >= 11 is 8.72. The van der Waals surface area contributed by atoms with Gasteiger partial charge in [0.05, 0.1) is 0 Å². The number of hydrogen-bond donors (Lipinski definition) is 2. The molecule has 1 aromatic carbocycles. The quantitative estimate of drug-likeness (QED) is 0.285. The molecule has 0 bridgehead atoms. The number of hydrogen-bond acceptors (Lipinski definition) is 10. The molecule has 1 aliphatic heterocycles. The first-order chi connectivity index (χ1) is 16.0. The molecule has 34 heavy (non-hydrogen) atoms. The Labute approximate surface area is 209 Å². The molecule has 0 unspecified atom stereocenters. The fourth-order valence-corrected chi connectivity index (χ4v) is 3.84. The van der Waals surface area contributed by atoms with E-state index in [9.17, 15) is 19.2 Å². The Morgan fingerprint density at radius 1 is 0.941 bits per heavy atom. The number of nitrogens with one attached hydrogen (secondary N) is 2. The lowest BCUT2D eigenvalue weighted by Gasteiger charge is -2.44. The van der Waals surface area contributed by atoms with Gasteiger partial charge in [0.15, 0.2) is 29.7 Å². The van der Waals surface area contributed by atoms with Crippen LogP contribution in [0.2, 0.25) is 0 Å². The first-order valence-electron chi connectivity index (χ1n) is 10.1. The SMILES string of the molecule is CC(=O)OC[C@@H]1O[C@H](NC(=S)Nc2cccc(Br)c2)[C@H](OC(C)=O)[C@@H](OC(C)=O)[C@H]1OC(C)=O. The van der Waals surface area contributed by atoms with E-state index in [1.54, 1.807) is 18.2 Å². The molecule has 13 heteroatoms. The summed E-state index contributed by atoms with van der Waals surface area (Å²) in [6.07, 6.45) is -6.02. The van der Waals surface area contributed by atoms with E-state index in [4.69, 9.17) is 35.9 Å². The van der Waals surface area contributed by atoms with Crippen LogP contribution >= 0.6 is 28.1 Å². The molecule has 1 heterocycles. The molecule has 2 N–H and O–H groups in total. The summed E-state index contributed by atoms with van der Waals surface area (Å²) < 4.78 is 27.9. The van der Waals surface area contributed by atoms with Crippen molar-refractivity contribution < 1.29 is 42.9 Å². The van der Waals surface area contributed by atoms with Crippen molar-refractivity contribution >= 4 is 62.8 Å². The lowest BCUT2D eigenvalue weighted by atomic mass is 9.97. The Kier molecular flexibility index (Phi) is 10.2. The minimum absolute atomic E-state index is 0.0963. The van der Waals surface area contributed by atoms with E-state index in [1.807, 2.05) is 6.07 Å². The Morgan fingerprint density at radius 3 is 2.09 bits per heavy atom. The van der Waals surface area contributed by atoms with Crippen LogP contribution in [0.3, 0.4) is 0 Å². The predicted molar refractivity (Wildman–Crippen MR) is 125 cm³/mol. The van der Waals surface area contributed by atoms with Gasteiger partial charge in [-0.2, -0.15) is 0 Å². The van der Waals surface area contributed by atoms with E-state index >= 15 is 0 Å². The highest BCUT2D eigenvalue weighted by Crippen LogP contribution is 2.28. The minimum atomic E-state index is -1.29. The average Bonchev–Trinajstić information content (AvgIpc) is 2.70. The lowest BCUT2D eigenvalue weighted by Crippen LogP contribution is -2.66. The lowest BCUT2D eigenvalue weighted by molar-refractivity contribution is -0.254. The molecule has 1 aliphatic rings. The highest BCUT2D eigenvalue weighted by Gasteiger charge is 2.52. The minimum Gasteiger partial charge on any atom is -0.463 e. The molecular weight excluding hydrogens is 536 g/mol. The summed E-state index contributed by atoms with van der Waals surface area (Å²) in [7, 11) is 0. The smallest absolute Gasteiger partial charge is 0.303 e. The first kappa shape index (κ1) is 27.5. The van der Waals surface area contributed by atoms with Crippen molar-refractivity contribution in [3.05, 3.63) is 28.7 Å². The maximum Gasteiger partial charge on any atom is 0.303 e. The second-order valence-corrected chi connectivity index (χ2v) is 8.55. The van der Waals surface area contributed by atoms with Gasteiger partial charge in [0.1, 0.15) is 12.7 Å². The molecule has 0 aliphatic carbocycles. The second kappa shape index (κ2) is 12.6. The van der Waals surface area contributed by atoms with Gasteiger partial charge in [0, 0.05) is 37.9 Å². The van der Waals surface area contributed by atoms with Crippen LogP contribution in [0.1, 0.15) is 27.7 Å². The maximum atomic E-state index is 11.9. The largest absolute Gasteiger partial charge is 0.463 e. The van der Waals surface area contributed by atoms with Crippen molar-refractivity contribution in [2.75, 3.05) is 11.9 Å². The summed E-state index contributed by atoms with van der Waals surface area (Å²) in [6.45, 7) is 4.32. The highest BCUT2D eigenvalue weighted by atomic mass is 79.9. The van der Waals surface area contributed by atoms with Gasteiger partial charge in [-0.25, -0.2) is 0 Å². The summed E-state index contributed by atoms with van der Waals surface area (Å²) in [4.78, 5) is 46.9. The van der Waals surface area contributed by atoms with Gasteiger partial charge < -0.3 is 34.3 Å². The van der Waals surface area contributed by atoms with Crippen molar-refractivity contribution in [2.24, 2.45) is 0 Å².